The van der Waals surface area contributed by atoms with Gasteiger partial charge in [0.15, 0.2) is 0 Å². The van der Waals surface area contributed by atoms with E-state index in [4.69, 9.17) is 39.5 Å². The molecule has 11 heteroatoms. The molecule has 0 aliphatic heterocycles. The van der Waals surface area contributed by atoms with Crippen molar-refractivity contribution < 1.29 is 17.9 Å². The monoisotopic (exact) mass is 524 g/mol. The summed E-state index contributed by atoms with van der Waals surface area (Å²) in [5.74, 6) is 1.19. The van der Waals surface area contributed by atoms with Crippen molar-refractivity contribution in [3.8, 4) is 5.75 Å². The Morgan fingerprint density at radius 3 is 2.35 bits per heavy atom. The van der Waals surface area contributed by atoms with Crippen LogP contribution in [0.2, 0.25) is 15.1 Å². The van der Waals surface area contributed by atoms with Crippen LogP contribution in [0, 0.1) is 0 Å². The van der Waals surface area contributed by atoms with Crippen LogP contribution < -0.4 is 14.4 Å². The van der Waals surface area contributed by atoms with Crippen molar-refractivity contribution in [3.63, 3.8) is 0 Å². The van der Waals surface area contributed by atoms with Gasteiger partial charge in [-0.2, -0.15) is 11.8 Å². The highest BCUT2D eigenvalue weighted by molar-refractivity contribution is 7.98. The number of rotatable bonds is 10. The van der Waals surface area contributed by atoms with Crippen LogP contribution in [0.4, 0.5) is 5.69 Å². The van der Waals surface area contributed by atoms with Crippen LogP contribution in [-0.2, 0) is 20.6 Å². The topological polar surface area (TPSA) is 75.7 Å². The molecule has 6 nitrogen and oxygen atoms in total. The zero-order valence-corrected chi connectivity index (χ0v) is 21.1. The van der Waals surface area contributed by atoms with E-state index in [0.29, 0.717) is 33.8 Å². The third-order valence-electron chi connectivity index (χ3n) is 4.33. The summed E-state index contributed by atoms with van der Waals surface area (Å²) in [6.45, 7) is 1.88. The number of benzene rings is 2. The number of hydrogen-bond donors (Lipinski definition) is 1. The molecule has 0 bridgehead atoms. The first-order valence-corrected chi connectivity index (χ1v) is 13.3. The zero-order chi connectivity index (χ0) is 23.2. The minimum Gasteiger partial charge on any atom is -0.495 e. The van der Waals surface area contributed by atoms with E-state index in [-0.39, 0.29) is 10.7 Å². The van der Waals surface area contributed by atoms with Gasteiger partial charge in [0, 0.05) is 28.1 Å². The van der Waals surface area contributed by atoms with E-state index in [1.165, 1.54) is 20.1 Å². The highest BCUT2D eigenvalue weighted by Crippen LogP contribution is 2.31. The van der Waals surface area contributed by atoms with E-state index >= 15 is 0 Å². The Bertz CT molecular complexity index is 1010. The summed E-state index contributed by atoms with van der Waals surface area (Å²) >= 11 is 20.0. The highest BCUT2D eigenvalue weighted by Gasteiger charge is 2.29. The molecule has 0 unspecified atom stereocenters. The lowest BCUT2D eigenvalue weighted by molar-refractivity contribution is -0.121. The van der Waals surface area contributed by atoms with Gasteiger partial charge in [-0.05, 0) is 42.8 Å². The number of thioether (sulfide) groups is 1. The molecule has 0 aliphatic carbocycles. The van der Waals surface area contributed by atoms with Crippen molar-refractivity contribution in [2.45, 2.75) is 18.7 Å². The molecule has 0 saturated carbocycles. The van der Waals surface area contributed by atoms with Crippen LogP contribution in [-0.4, -0.2) is 46.0 Å². The number of nitrogens with zero attached hydrogens (tertiary/aromatic N) is 1. The van der Waals surface area contributed by atoms with Gasteiger partial charge in [-0.15, -0.1) is 0 Å². The van der Waals surface area contributed by atoms with Gasteiger partial charge in [-0.3, -0.25) is 9.10 Å². The zero-order valence-electron chi connectivity index (χ0n) is 17.2. The summed E-state index contributed by atoms with van der Waals surface area (Å²) in [6, 6.07) is 8.91. The summed E-state index contributed by atoms with van der Waals surface area (Å²) in [4.78, 5) is 12.6. The maximum atomic E-state index is 12.6. The summed E-state index contributed by atoms with van der Waals surface area (Å²) in [5, 5.41) is 4.21. The number of hydrogen-bond acceptors (Lipinski definition) is 5. The van der Waals surface area contributed by atoms with Crippen LogP contribution >= 0.6 is 46.6 Å². The van der Waals surface area contributed by atoms with Crippen molar-refractivity contribution in [1.82, 2.24) is 5.32 Å². The Morgan fingerprint density at radius 1 is 1.16 bits per heavy atom. The predicted octanol–water partition coefficient (Wildman–Crippen LogP) is 4.86. The number of amides is 1. The SMILES string of the molecule is COc1ccc(N([C@@H](C)C(=O)NCCSCc2c(Cl)cccc2Cl)S(C)(=O)=O)cc1Cl. The van der Waals surface area contributed by atoms with Crippen molar-refractivity contribution in [2.75, 3.05) is 30.0 Å². The predicted molar refractivity (Wildman–Crippen MR) is 130 cm³/mol. The lowest BCUT2D eigenvalue weighted by Gasteiger charge is -2.28. The largest absolute Gasteiger partial charge is 0.495 e. The van der Waals surface area contributed by atoms with Gasteiger partial charge in [0.25, 0.3) is 0 Å². The lowest BCUT2D eigenvalue weighted by Crippen LogP contribution is -2.48. The molecular weight excluding hydrogens is 503 g/mol. The van der Waals surface area contributed by atoms with E-state index in [1.54, 1.807) is 42.1 Å². The van der Waals surface area contributed by atoms with Gasteiger partial charge >= 0.3 is 0 Å². The maximum Gasteiger partial charge on any atom is 0.243 e. The van der Waals surface area contributed by atoms with Crippen LogP contribution in [0.5, 0.6) is 5.75 Å². The second-order valence-electron chi connectivity index (χ2n) is 6.60. The molecule has 0 fully saturated rings. The van der Waals surface area contributed by atoms with Crippen molar-refractivity contribution >= 4 is 68.2 Å². The lowest BCUT2D eigenvalue weighted by atomic mass is 10.2. The number of carbonyl (C=O) groups is 1. The normalized spacial score (nSPS) is 12.3. The molecule has 2 aromatic rings. The Hall–Kier alpha value is -1.32. The molecular formula is C20H23Cl3N2O4S2. The molecule has 170 valence electrons. The van der Waals surface area contributed by atoms with Crippen LogP contribution in [0.1, 0.15) is 12.5 Å². The Balaban J connectivity index is 1.98. The first-order valence-electron chi connectivity index (χ1n) is 9.17. The third kappa shape index (κ3) is 7.08. The summed E-state index contributed by atoms with van der Waals surface area (Å²) in [7, 11) is -2.28. The molecule has 0 aliphatic rings. The first-order chi connectivity index (χ1) is 14.6. The number of carbonyl (C=O) groups excluding carboxylic acids is 1. The molecule has 1 atom stereocenters. The molecule has 0 aromatic heterocycles. The number of halogens is 3. The van der Waals surface area contributed by atoms with Crippen molar-refractivity contribution in [3.05, 3.63) is 57.0 Å². The molecule has 2 aromatic carbocycles. The number of anilines is 1. The fourth-order valence-corrected chi connectivity index (χ4v) is 5.85. The number of ether oxygens (including phenoxy) is 1. The Kier molecular flexibility index (Phi) is 9.64. The minimum atomic E-state index is -3.74. The molecule has 31 heavy (non-hydrogen) atoms. The molecule has 1 amide bonds. The fourth-order valence-electron chi connectivity index (χ4n) is 2.84. The standard InChI is InChI=1S/C20H23Cl3N2O4S2/c1-13(25(31(3,27)28)14-7-8-19(29-2)18(23)11-14)20(26)24-9-10-30-12-15-16(21)5-4-6-17(15)22/h4-8,11,13H,9-10,12H2,1-3H3,(H,24,26)/t13-/m0/s1. The van der Waals surface area contributed by atoms with E-state index in [9.17, 15) is 13.2 Å². The van der Waals surface area contributed by atoms with Crippen molar-refractivity contribution in [2.24, 2.45) is 0 Å². The molecule has 0 heterocycles. The van der Waals surface area contributed by atoms with Crippen LogP contribution in [0.3, 0.4) is 0 Å². The van der Waals surface area contributed by atoms with Crippen molar-refractivity contribution in [1.29, 1.82) is 0 Å². The van der Waals surface area contributed by atoms with E-state index in [1.807, 2.05) is 0 Å². The van der Waals surface area contributed by atoms with Gasteiger partial charge in [0.1, 0.15) is 11.8 Å². The minimum absolute atomic E-state index is 0.246. The highest BCUT2D eigenvalue weighted by atomic mass is 35.5. The van der Waals surface area contributed by atoms with E-state index in [2.05, 4.69) is 5.32 Å². The van der Waals surface area contributed by atoms with Crippen LogP contribution in [0.15, 0.2) is 36.4 Å². The molecule has 0 saturated heterocycles. The molecule has 0 radical (unpaired) electrons. The van der Waals surface area contributed by atoms with Gasteiger partial charge in [-0.1, -0.05) is 40.9 Å². The van der Waals surface area contributed by atoms with Gasteiger partial charge in [-0.25, -0.2) is 8.42 Å². The number of methoxy groups -OCH3 is 1. The average molecular weight is 526 g/mol. The number of sulfonamides is 1. The first kappa shape index (κ1) is 25.9. The summed E-state index contributed by atoms with van der Waals surface area (Å²) in [6.07, 6.45) is 1.04. The molecule has 2 rings (SSSR count). The third-order valence-corrected chi connectivity index (χ3v) is 7.56. The van der Waals surface area contributed by atoms with Gasteiger partial charge in [0.05, 0.1) is 24.1 Å². The fraction of sp³-hybridized carbons (Fsp3) is 0.350. The second kappa shape index (κ2) is 11.5. The molecule has 0 spiro atoms. The van der Waals surface area contributed by atoms with E-state index < -0.39 is 22.0 Å². The van der Waals surface area contributed by atoms with Gasteiger partial charge in [0.2, 0.25) is 15.9 Å². The smallest absolute Gasteiger partial charge is 0.243 e. The number of nitrogens with one attached hydrogen (secondary N) is 1. The average Bonchev–Trinajstić information content (AvgIpc) is 2.68. The molecule has 1 N–H and O–H groups in total. The van der Waals surface area contributed by atoms with E-state index in [0.717, 1.165) is 16.1 Å². The summed E-state index contributed by atoms with van der Waals surface area (Å²) < 4.78 is 30.9. The Morgan fingerprint density at radius 2 is 1.81 bits per heavy atom. The summed E-state index contributed by atoms with van der Waals surface area (Å²) in [5.41, 5.74) is 1.12. The van der Waals surface area contributed by atoms with Gasteiger partial charge < -0.3 is 10.1 Å². The Labute approximate surface area is 202 Å². The second-order valence-corrected chi connectivity index (χ2v) is 10.8. The maximum absolute atomic E-state index is 12.6. The quantitative estimate of drug-likeness (QED) is 0.448. The van der Waals surface area contributed by atoms with Crippen LogP contribution in [0.25, 0.3) is 0 Å².